The molecule has 0 aliphatic carbocycles. The van der Waals surface area contributed by atoms with Crippen molar-refractivity contribution in [2.24, 2.45) is 5.92 Å². The first-order valence-corrected chi connectivity index (χ1v) is 7.52. The molecule has 92 valence electrons. The van der Waals surface area contributed by atoms with Crippen molar-refractivity contribution in [3.05, 3.63) is 28.2 Å². The van der Waals surface area contributed by atoms with E-state index in [9.17, 15) is 4.79 Å². The Bertz CT molecular complexity index is 419. The topological polar surface area (TPSA) is 55.1 Å². The summed E-state index contributed by atoms with van der Waals surface area (Å²) in [4.78, 5) is 12.0. The molecule has 1 saturated heterocycles. The first-order valence-electron chi connectivity index (χ1n) is 5.58. The second kappa shape index (κ2) is 5.78. The lowest BCUT2D eigenvalue weighted by Crippen LogP contribution is -2.29. The molecular formula is C12H15BrN2OS. The highest BCUT2D eigenvalue weighted by Crippen LogP contribution is 2.23. The van der Waals surface area contributed by atoms with Crippen LogP contribution in [0.15, 0.2) is 22.7 Å². The molecule has 3 nitrogen and oxygen atoms in total. The number of amides is 1. The van der Waals surface area contributed by atoms with Crippen LogP contribution in [0, 0.1) is 5.92 Å². The van der Waals surface area contributed by atoms with Crippen molar-refractivity contribution in [2.45, 2.75) is 6.42 Å². The molecule has 0 bridgehead atoms. The maximum Gasteiger partial charge on any atom is 0.252 e. The molecule has 1 aromatic rings. The van der Waals surface area contributed by atoms with E-state index >= 15 is 0 Å². The minimum absolute atomic E-state index is 0.0546. The van der Waals surface area contributed by atoms with Crippen LogP contribution in [0.3, 0.4) is 0 Å². The summed E-state index contributed by atoms with van der Waals surface area (Å²) in [6.07, 6.45) is 1.20. The van der Waals surface area contributed by atoms with Crippen molar-refractivity contribution in [3.8, 4) is 0 Å². The van der Waals surface area contributed by atoms with Gasteiger partial charge in [0.15, 0.2) is 0 Å². The van der Waals surface area contributed by atoms with Crippen molar-refractivity contribution < 1.29 is 4.79 Å². The number of nitrogens with two attached hydrogens (primary N) is 1. The van der Waals surface area contributed by atoms with Crippen molar-refractivity contribution in [1.82, 2.24) is 5.32 Å². The molecule has 1 aliphatic rings. The highest BCUT2D eigenvalue weighted by molar-refractivity contribution is 9.10. The van der Waals surface area contributed by atoms with Gasteiger partial charge in [0.1, 0.15) is 0 Å². The van der Waals surface area contributed by atoms with Crippen molar-refractivity contribution in [3.63, 3.8) is 0 Å². The van der Waals surface area contributed by atoms with E-state index in [0.29, 0.717) is 17.2 Å². The van der Waals surface area contributed by atoms with Gasteiger partial charge < -0.3 is 11.1 Å². The van der Waals surface area contributed by atoms with Gasteiger partial charge >= 0.3 is 0 Å². The smallest absolute Gasteiger partial charge is 0.252 e. The fourth-order valence-corrected chi connectivity index (χ4v) is 3.50. The third kappa shape index (κ3) is 3.39. The normalized spacial score (nSPS) is 19.2. The first kappa shape index (κ1) is 12.8. The number of anilines is 1. The molecular weight excluding hydrogens is 300 g/mol. The summed E-state index contributed by atoms with van der Waals surface area (Å²) < 4.78 is 0.782. The maximum atomic E-state index is 12.0. The molecule has 5 heteroatoms. The maximum absolute atomic E-state index is 12.0. The molecule has 1 aliphatic heterocycles. The van der Waals surface area contributed by atoms with Crippen LogP contribution in [0.5, 0.6) is 0 Å². The van der Waals surface area contributed by atoms with Crippen LogP contribution in [0.4, 0.5) is 5.69 Å². The van der Waals surface area contributed by atoms with E-state index in [1.807, 2.05) is 11.8 Å². The van der Waals surface area contributed by atoms with E-state index in [4.69, 9.17) is 5.73 Å². The van der Waals surface area contributed by atoms with Crippen molar-refractivity contribution in [1.29, 1.82) is 0 Å². The largest absolute Gasteiger partial charge is 0.399 e. The van der Waals surface area contributed by atoms with Crippen LogP contribution in [0.25, 0.3) is 0 Å². The summed E-state index contributed by atoms with van der Waals surface area (Å²) in [6, 6.07) is 5.27. The summed E-state index contributed by atoms with van der Waals surface area (Å²) in [7, 11) is 0. The lowest BCUT2D eigenvalue weighted by atomic mass is 10.1. The minimum atomic E-state index is -0.0546. The molecule has 1 amide bonds. The second-order valence-corrected chi connectivity index (χ2v) is 6.18. The molecule has 0 radical (unpaired) electrons. The van der Waals surface area contributed by atoms with E-state index in [1.165, 1.54) is 12.2 Å². The Balaban J connectivity index is 1.96. The van der Waals surface area contributed by atoms with Gasteiger partial charge in [-0.05, 0) is 58.0 Å². The van der Waals surface area contributed by atoms with Crippen LogP contribution >= 0.6 is 27.7 Å². The van der Waals surface area contributed by atoms with Crippen molar-refractivity contribution in [2.75, 3.05) is 23.8 Å². The van der Waals surface area contributed by atoms with E-state index in [2.05, 4.69) is 21.2 Å². The Morgan fingerprint density at radius 1 is 1.59 bits per heavy atom. The SMILES string of the molecule is Nc1ccc(Br)c(C(=O)NCC2CCSC2)c1. The van der Waals surface area contributed by atoms with E-state index < -0.39 is 0 Å². The van der Waals surface area contributed by atoms with Gasteiger partial charge in [0.25, 0.3) is 5.91 Å². The average molecular weight is 315 g/mol. The Labute approximate surface area is 114 Å². The molecule has 0 aromatic heterocycles. The number of carbonyl (C=O) groups is 1. The van der Waals surface area contributed by atoms with Crippen LogP contribution < -0.4 is 11.1 Å². The standard InChI is InChI=1S/C12H15BrN2OS/c13-11-2-1-9(14)5-10(11)12(16)15-6-8-3-4-17-7-8/h1-2,5,8H,3-4,6-7,14H2,(H,15,16). The first-order chi connectivity index (χ1) is 8.16. The lowest BCUT2D eigenvalue weighted by molar-refractivity contribution is 0.0948. The third-order valence-electron chi connectivity index (χ3n) is 2.81. The average Bonchev–Trinajstić information content (AvgIpc) is 2.82. The molecule has 1 fully saturated rings. The molecule has 1 atom stereocenters. The lowest BCUT2D eigenvalue weighted by Gasteiger charge is -2.11. The van der Waals surface area contributed by atoms with Crippen LogP contribution in [0.1, 0.15) is 16.8 Å². The summed E-state index contributed by atoms with van der Waals surface area (Å²) in [5, 5.41) is 2.97. The number of hydrogen-bond acceptors (Lipinski definition) is 3. The van der Waals surface area contributed by atoms with Gasteiger partial charge in [-0.2, -0.15) is 11.8 Å². The van der Waals surface area contributed by atoms with E-state index in [-0.39, 0.29) is 5.91 Å². The second-order valence-electron chi connectivity index (χ2n) is 4.18. The van der Waals surface area contributed by atoms with E-state index in [1.54, 1.807) is 18.2 Å². The van der Waals surface area contributed by atoms with Gasteiger partial charge in [-0.25, -0.2) is 0 Å². The number of hydrogen-bond donors (Lipinski definition) is 2. The summed E-state index contributed by atoms with van der Waals surface area (Å²) in [5.41, 5.74) is 6.89. The fourth-order valence-electron chi connectivity index (χ4n) is 1.79. The van der Waals surface area contributed by atoms with Gasteiger partial charge in [0.2, 0.25) is 0 Å². The zero-order chi connectivity index (χ0) is 12.3. The van der Waals surface area contributed by atoms with Gasteiger partial charge in [-0.15, -0.1) is 0 Å². The fraction of sp³-hybridized carbons (Fsp3) is 0.417. The zero-order valence-corrected chi connectivity index (χ0v) is 11.8. The number of nitrogens with one attached hydrogen (secondary N) is 1. The van der Waals surface area contributed by atoms with Gasteiger partial charge in [0.05, 0.1) is 5.56 Å². The Morgan fingerprint density at radius 2 is 2.41 bits per heavy atom. The van der Waals surface area contributed by atoms with Gasteiger partial charge in [-0.1, -0.05) is 0 Å². The van der Waals surface area contributed by atoms with Crippen LogP contribution in [0.2, 0.25) is 0 Å². The summed E-state index contributed by atoms with van der Waals surface area (Å²) >= 11 is 5.32. The monoisotopic (exact) mass is 314 g/mol. The molecule has 0 spiro atoms. The Hall–Kier alpha value is -0.680. The Morgan fingerprint density at radius 3 is 3.12 bits per heavy atom. The highest BCUT2D eigenvalue weighted by atomic mass is 79.9. The number of carbonyl (C=O) groups excluding carboxylic acids is 1. The Kier molecular flexibility index (Phi) is 4.34. The summed E-state index contributed by atoms with van der Waals surface area (Å²) in [6.45, 7) is 0.757. The molecule has 17 heavy (non-hydrogen) atoms. The highest BCUT2D eigenvalue weighted by Gasteiger charge is 2.17. The molecule has 1 unspecified atom stereocenters. The number of thioether (sulfide) groups is 1. The minimum Gasteiger partial charge on any atom is -0.399 e. The molecule has 2 rings (SSSR count). The third-order valence-corrected chi connectivity index (χ3v) is 4.73. The number of halogens is 1. The zero-order valence-electron chi connectivity index (χ0n) is 9.41. The number of benzene rings is 1. The van der Waals surface area contributed by atoms with Crippen molar-refractivity contribution >= 4 is 39.3 Å². The quantitative estimate of drug-likeness (QED) is 0.843. The summed E-state index contributed by atoms with van der Waals surface area (Å²) in [5.74, 6) is 2.92. The van der Waals surface area contributed by atoms with E-state index in [0.717, 1.165) is 16.8 Å². The van der Waals surface area contributed by atoms with Gasteiger partial charge in [0, 0.05) is 16.7 Å². The number of rotatable bonds is 3. The van der Waals surface area contributed by atoms with Gasteiger partial charge in [-0.3, -0.25) is 4.79 Å². The van der Waals surface area contributed by atoms with Crippen LogP contribution in [-0.4, -0.2) is 24.0 Å². The molecule has 0 saturated carbocycles. The number of nitrogen functional groups attached to an aromatic ring is 1. The van der Waals surface area contributed by atoms with Crippen LogP contribution in [-0.2, 0) is 0 Å². The predicted molar refractivity (Wildman–Crippen MR) is 76.3 cm³/mol. The molecule has 1 aromatic carbocycles. The molecule has 3 N–H and O–H groups in total. The molecule has 1 heterocycles. The predicted octanol–water partition coefficient (Wildman–Crippen LogP) is 2.51.